The lowest BCUT2D eigenvalue weighted by molar-refractivity contribution is -0.137. The maximum atomic E-state index is 13.3. The molecule has 118 valence electrons. The minimum absolute atomic E-state index is 0.190. The van der Waals surface area contributed by atoms with Crippen molar-refractivity contribution in [2.75, 3.05) is 30.0 Å². The molecule has 0 radical (unpaired) electrons. The maximum Gasteiger partial charge on any atom is 0.418 e. The van der Waals surface area contributed by atoms with Gasteiger partial charge < -0.3 is 10.2 Å². The number of hydrogen-bond donors (Lipinski definition) is 1. The Hall–Kier alpha value is -0.880. The monoisotopic (exact) mass is 318 g/mol. The highest BCUT2D eigenvalue weighted by molar-refractivity contribution is 7.99. The van der Waals surface area contributed by atoms with Crippen LogP contribution in [0, 0.1) is 0 Å². The molecule has 1 aromatic carbocycles. The van der Waals surface area contributed by atoms with Gasteiger partial charge in [-0.1, -0.05) is 13.0 Å². The number of halogens is 3. The molecule has 0 aromatic heterocycles. The van der Waals surface area contributed by atoms with Crippen molar-refractivity contribution in [3.05, 3.63) is 29.3 Å². The van der Waals surface area contributed by atoms with E-state index in [1.54, 1.807) is 35.8 Å². The van der Waals surface area contributed by atoms with E-state index in [4.69, 9.17) is 0 Å². The summed E-state index contributed by atoms with van der Waals surface area (Å²) in [5.74, 6) is 1.92. The third-order valence-electron chi connectivity index (χ3n) is 3.78. The number of anilines is 1. The lowest BCUT2D eigenvalue weighted by Crippen LogP contribution is -2.33. The maximum absolute atomic E-state index is 13.3. The Morgan fingerprint density at radius 1 is 1.38 bits per heavy atom. The van der Waals surface area contributed by atoms with Gasteiger partial charge in [-0.05, 0) is 36.4 Å². The summed E-state index contributed by atoms with van der Waals surface area (Å²) < 4.78 is 40.0. The van der Waals surface area contributed by atoms with E-state index >= 15 is 0 Å². The Morgan fingerprint density at radius 2 is 2.14 bits per heavy atom. The van der Waals surface area contributed by atoms with Crippen LogP contribution in [-0.4, -0.2) is 31.1 Å². The molecule has 1 aliphatic rings. The van der Waals surface area contributed by atoms with Crippen molar-refractivity contribution < 1.29 is 13.2 Å². The molecule has 0 spiro atoms. The standard InChI is InChI=1S/C15H21F3N2S/c1-3-19-9-11-4-5-14(13(8-11)15(16,17)18)20(2)12-6-7-21-10-12/h4-5,8,12,19H,3,6-7,9-10H2,1-2H3. The first-order chi connectivity index (χ1) is 9.93. The Bertz CT molecular complexity index is 470. The molecule has 0 bridgehead atoms. The zero-order chi connectivity index (χ0) is 15.5. The summed E-state index contributed by atoms with van der Waals surface area (Å²) in [6, 6.07) is 4.86. The Labute approximate surface area is 128 Å². The van der Waals surface area contributed by atoms with E-state index < -0.39 is 11.7 Å². The average molecular weight is 318 g/mol. The van der Waals surface area contributed by atoms with Crippen LogP contribution in [0.15, 0.2) is 18.2 Å². The molecule has 1 aliphatic heterocycles. The van der Waals surface area contributed by atoms with Gasteiger partial charge in [0, 0.05) is 31.1 Å². The number of nitrogens with zero attached hydrogens (tertiary/aromatic N) is 1. The van der Waals surface area contributed by atoms with Crippen LogP contribution < -0.4 is 10.2 Å². The van der Waals surface area contributed by atoms with E-state index in [2.05, 4.69) is 5.32 Å². The molecule has 21 heavy (non-hydrogen) atoms. The quantitative estimate of drug-likeness (QED) is 0.890. The molecule has 1 fully saturated rings. The SMILES string of the molecule is CCNCc1ccc(N(C)C2CCSC2)c(C(F)(F)F)c1. The van der Waals surface area contributed by atoms with Crippen LogP contribution in [-0.2, 0) is 12.7 Å². The second kappa shape index (κ2) is 6.92. The number of alkyl halides is 3. The zero-order valence-electron chi connectivity index (χ0n) is 12.3. The molecule has 6 heteroatoms. The highest BCUT2D eigenvalue weighted by Crippen LogP contribution is 2.38. The van der Waals surface area contributed by atoms with Gasteiger partial charge in [-0.25, -0.2) is 0 Å². The number of thioether (sulfide) groups is 1. The Morgan fingerprint density at radius 3 is 2.71 bits per heavy atom. The molecule has 2 nitrogen and oxygen atoms in total. The van der Waals surface area contributed by atoms with Crippen molar-refractivity contribution in [2.45, 2.75) is 32.1 Å². The lowest BCUT2D eigenvalue weighted by Gasteiger charge is -2.29. The van der Waals surface area contributed by atoms with Crippen molar-refractivity contribution in [3.8, 4) is 0 Å². The topological polar surface area (TPSA) is 15.3 Å². The predicted molar refractivity (Wildman–Crippen MR) is 83.0 cm³/mol. The molecule has 1 aromatic rings. The molecular formula is C15H21F3N2S. The summed E-state index contributed by atoms with van der Waals surface area (Å²) in [6.45, 7) is 3.13. The number of hydrogen-bond acceptors (Lipinski definition) is 3. The van der Waals surface area contributed by atoms with E-state index in [-0.39, 0.29) is 11.7 Å². The molecule has 1 saturated heterocycles. The average Bonchev–Trinajstić information content (AvgIpc) is 2.97. The fourth-order valence-electron chi connectivity index (χ4n) is 2.52. The number of nitrogens with one attached hydrogen (secondary N) is 1. The van der Waals surface area contributed by atoms with Gasteiger partial charge >= 0.3 is 6.18 Å². The van der Waals surface area contributed by atoms with Crippen LogP contribution in [0.2, 0.25) is 0 Å². The number of rotatable bonds is 5. The normalized spacial score (nSPS) is 19.0. The van der Waals surface area contributed by atoms with Gasteiger partial charge in [0.25, 0.3) is 0 Å². The molecule has 0 amide bonds. The second-order valence-corrected chi connectivity index (χ2v) is 6.41. The summed E-state index contributed by atoms with van der Waals surface area (Å²) in [7, 11) is 1.77. The van der Waals surface area contributed by atoms with Crippen LogP contribution in [0.4, 0.5) is 18.9 Å². The summed E-state index contributed by atoms with van der Waals surface area (Å²) in [5, 5.41) is 3.06. The molecule has 0 saturated carbocycles. The van der Waals surface area contributed by atoms with Gasteiger partial charge in [0.1, 0.15) is 0 Å². The van der Waals surface area contributed by atoms with Crippen LogP contribution in [0.25, 0.3) is 0 Å². The van der Waals surface area contributed by atoms with E-state index in [9.17, 15) is 13.2 Å². The van der Waals surface area contributed by atoms with Crippen molar-refractivity contribution in [1.29, 1.82) is 0 Å². The molecule has 1 heterocycles. The lowest BCUT2D eigenvalue weighted by atomic mass is 10.1. The van der Waals surface area contributed by atoms with Crippen molar-refractivity contribution >= 4 is 17.4 Å². The highest BCUT2D eigenvalue weighted by atomic mass is 32.2. The van der Waals surface area contributed by atoms with Gasteiger partial charge in [-0.15, -0.1) is 0 Å². The minimum atomic E-state index is -4.32. The summed E-state index contributed by atoms with van der Waals surface area (Å²) in [6.07, 6.45) is -3.38. The van der Waals surface area contributed by atoms with Crippen LogP contribution in [0.5, 0.6) is 0 Å². The first-order valence-electron chi connectivity index (χ1n) is 7.15. The minimum Gasteiger partial charge on any atom is -0.370 e. The smallest absolute Gasteiger partial charge is 0.370 e. The van der Waals surface area contributed by atoms with Crippen LogP contribution in [0.3, 0.4) is 0 Å². The van der Waals surface area contributed by atoms with E-state index in [0.29, 0.717) is 12.1 Å². The third-order valence-corrected chi connectivity index (χ3v) is 4.92. The second-order valence-electron chi connectivity index (χ2n) is 5.26. The van der Waals surface area contributed by atoms with Gasteiger partial charge in [-0.3, -0.25) is 0 Å². The summed E-state index contributed by atoms with van der Waals surface area (Å²) in [5.41, 5.74) is 0.426. The number of benzene rings is 1. The van der Waals surface area contributed by atoms with Crippen molar-refractivity contribution in [3.63, 3.8) is 0 Å². The molecule has 2 rings (SSSR count). The van der Waals surface area contributed by atoms with Gasteiger partial charge in [-0.2, -0.15) is 24.9 Å². The van der Waals surface area contributed by atoms with Crippen LogP contribution >= 0.6 is 11.8 Å². The Kier molecular flexibility index (Phi) is 5.43. The van der Waals surface area contributed by atoms with E-state index in [1.165, 1.54) is 6.07 Å². The largest absolute Gasteiger partial charge is 0.418 e. The van der Waals surface area contributed by atoms with Crippen molar-refractivity contribution in [2.24, 2.45) is 0 Å². The molecule has 1 unspecified atom stereocenters. The summed E-state index contributed by atoms with van der Waals surface area (Å²) in [4.78, 5) is 1.79. The molecule has 1 atom stereocenters. The molecule has 1 N–H and O–H groups in total. The van der Waals surface area contributed by atoms with E-state index in [0.717, 1.165) is 24.5 Å². The first kappa shape index (κ1) is 16.5. The first-order valence-corrected chi connectivity index (χ1v) is 8.30. The van der Waals surface area contributed by atoms with Gasteiger partial charge in [0.15, 0.2) is 0 Å². The predicted octanol–water partition coefficient (Wildman–Crippen LogP) is 3.76. The van der Waals surface area contributed by atoms with Gasteiger partial charge in [0.05, 0.1) is 5.56 Å². The third kappa shape index (κ3) is 4.07. The van der Waals surface area contributed by atoms with Gasteiger partial charge in [0.2, 0.25) is 0 Å². The zero-order valence-corrected chi connectivity index (χ0v) is 13.2. The molecular weight excluding hydrogens is 297 g/mol. The Balaban J connectivity index is 2.30. The highest BCUT2D eigenvalue weighted by Gasteiger charge is 2.36. The molecule has 0 aliphatic carbocycles. The summed E-state index contributed by atoms with van der Waals surface area (Å²) >= 11 is 1.80. The fraction of sp³-hybridized carbons (Fsp3) is 0.600. The fourth-order valence-corrected chi connectivity index (χ4v) is 3.79. The van der Waals surface area contributed by atoms with Crippen molar-refractivity contribution in [1.82, 2.24) is 5.32 Å². The van der Waals surface area contributed by atoms with Crippen LogP contribution in [0.1, 0.15) is 24.5 Å². The van der Waals surface area contributed by atoms with E-state index in [1.807, 2.05) is 6.92 Å².